The average Bonchev–Trinajstić information content (AvgIpc) is 2.68. The van der Waals surface area contributed by atoms with E-state index in [0.717, 1.165) is 12.4 Å². The van der Waals surface area contributed by atoms with E-state index < -0.39 is 0 Å². The second-order valence-electron chi connectivity index (χ2n) is 5.53. The van der Waals surface area contributed by atoms with Gasteiger partial charge >= 0.3 is 5.69 Å². The molecule has 0 aliphatic carbocycles. The van der Waals surface area contributed by atoms with Crippen LogP contribution in [0.3, 0.4) is 0 Å². The largest absolute Gasteiger partial charge is 0.369 e. The molecule has 0 aliphatic rings. The van der Waals surface area contributed by atoms with Crippen LogP contribution in [0.2, 0.25) is 0 Å². The van der Waals surface area contributed by atoms with E-state index in [1.54, 1.807) is 6.07 Å². The molecule has 0 aromatic carbocycles. The van der Waals surface area contributed by atoms with Crippen molar-refractivity contribution in [1.82, 2.24) is 19.6 Å². The number of H-pyrrole nitrogens is 1. The lowest BCUT2D eigenvalue weighted by Crippen LogP contribution is -2.28. The summed E-state index contributed by atoms with van der Waals surface area (Å²) in [5.41, 5.74) is 0.477. The van der Waals surface area contributed by atoms with Crippen molar-refractivity contribution in [2.45, 2.75) is 27.7 Å². The second-order valence-corrected chi connectivity index (χ2v) is 5.53. The van der Waals surface area contributed by atoms with Crippen LogP contribution < -0.4 is 11.0 Å². The molecule has 0 saturated carbocycles. The Hall–Kier alpha value is -1.85. The molecule has 2 N–H and O–H groups in total. The van der Waals surface area contributed by atoms with E-state index in [-0.39, 0.29) is 11.1 Å². The summed E-state index contributed by atoms with van der Waals surface area (Å²) in [7, 11) is 0. The quantitative estimate of drug-likeness (QED) is 0.861. The molecule has 18 heavy (non-hydrogen) atoms. The molecule has 0 amide bonds. The van der Waals surface area contributed by atoms with Crippen molar-refractivity contribution < 1.29 is 0 Å². The van der Waals surface area contributed by atoms with Gasteiger partial charge in [0.15, 0.2) is 5.65 Å². The first-order valence-corrected chi connectivity index (χ1v) is 6.07. The topological polar surface area (TPSA) is 75.1 Å². The normalized spacial score (nSPS) is 12.3. The van der Waals surface area contributed by atoms with Gasteiger partial charge in [-0.15, -0.1) is 0 Å². The summed E-state index contributed by atoms with van der Waals surface area (Å²) in [6, 6.07) is 1.76. The number of aromatic nitrogens is 4. The molecule has 6 nitrogen and oxygen atoms in total. The predicted octanol–water partition coefficient (Wildman–Crippen LogP) is 1.51. The Morgan fingerprint density at radius 1 is 1.50 bits per heavy atom. The molecule has 0 spiro atoms. The monoisotopic (exact) mass is 249 g/mol. The second kappa shape index (κ2) is 4.44. The molecule has 98 valence electrons. The van der Waals surface area contributed by atoms with Crippen molar-refractivity contribution in [3.8, 4) is 0 Å². The molecule has 2 aromatic heterocycles. The first kappa shape index (κ1) is 12.6. The van der Waals surface area contributed by atoms with Gasteiger partial charge in [-0.05, 0) is 11.3 Å². The zero-order valence-electron chi connectivity index (χ0n) is 11.2. The Bertz CT molecular complexity index is 596. The Morgan fingerprint density at radius 3 is 2.89 bits per heavy atom. The molecule has 0 fully saturated rings. The van der Waals surface area contributed by atoms with Crippen LogP contribution in [-0.2, 0) is 0 Å². The minimum absolute atomic E-state index is 0.180. The van der Waals surface area contributed by atoms with Crippen molar-refractivity contribution >= 4 is 11.5 Å². The third-order valence-electron chi connectivity index (χ3n) is 3.60. The lowest BCUT2D eigenvalue weighted by Gasteiger charge is -2.29. The fourth-order valence-electron chi connectivity index (χ4n) is 1.43. The summed E-state index contributed by atoms with van der Waals surface area (Å²) >= 11 is 0. The van der Waals surface area contributed by atoms with Crippen molar-refractivity contribution in [1.29, 1.82) is 0 Å². The summed E-state index contributed by atoms with van der Waals surface area (Å²) in [5, 5.41) is 9.58. The minimum atomic E-state index is -0.272. The molecule has 0 unspecified atom stereocenters. The molecule has 2 aromatic rings. The number of rotatable bonds is 4. The maximum absolute atomic E-state index is 11.3. The van der Waals surface area contributed by atoms with Crippen LogP contribution >= 0.6 is 0 Å². The maximum atomic E-state index is 11.3. The number of aromatic amines is 1. The molecule has 0 saturated heterocycles. The van der Waals surface area contributed by atoms with Gasteiger partial charge in [0.05, 0.1) is 0 Å². The molecule has 2 heterocycles. The van der Waals surface area contributed by atoms with Crippen molar-refractivity contribution in [2.75, 3.05) is 11.9 Å². The van der Waals surface area contributed by atoms with Crippen LogP contribution in [0.4, 0.5) is 5.82 Å². The molecule has 0 bridgehead atoms. The van der Waals surface area contributed by atoms with Gasteiger partial charge < -0.3 is 5.32 Å². The highest BCUT2D eigenvalue weighted by molar-refractivity contribution is 5.48. The van der Waals surface area contributed by atoms with Crippen LogP contribution in [0.25, 0.3) is 5.65 Å². The summed E-state index contributed by atoms with van der Waals surface area (Å²) in [4.78, 5) is 15.5. The van der Waals surface area contributed by atoms with Crippen molar-refractivity contribution in [3.05, 3.63) is 22.9 Å². The Morgan fingerprint density at radius 2 is 2.22 bits per heavy atom. The van der Waals surface area contributed by atoms with E-state index in [1.165, 1.54) is 10.7 Å². The number of anilines is 1. The van der Waals surface area contributed by atoms with Crippen molar-refractivity contribution in [2.24, 2.45) is 11.3 Å². The molecule has 0 aliphatic heterocycles. The zero-order chi connectivity index (χ0) is 13.3. The minimum Gasteiger partial charge on any atom is -0.369 e. The van der Waals surface area contributed by atoms with Gasteiger partial charge in [-0.2, -0.15) is 5.10 Å². The number of nitrogens with one attached hydrogen (secondary N) is 2. The Labute approximate surface area is 105 Å². The third kappa shape index (κ3) is 2.37. The number of hydrogen-bond acceptors (Lipinski definition) is 4. The summed E-state index contributed by atoms with van der Waals surface area (Å²) in [6.07, 6.45) is 1.48. The zero-order valence-corrected chi connectivity index (χ0v) is 11.2. The number of fused-ring (bicyclic) bond motifs is 1. The molecular weight excluding hydrogens is 230 g/mol. The fourth-order valence-corrected chi connectivity index (χ4v) is 1.43. The van der Waals surface area contributed by atoms with Crippen LogP contribution in [0.15, 0.2) is 17.2 Å². The average molecular weight is 249 g/mol. The lowest BCUT2D eigenvalue weighted by atomic mass is 9.81. The molecular formula is C12H19N5O. The highest BCUT2D eigenvalue weighted by atomic mass is 16.1. The number of hydrogen-bond donors (Lipinski definition) is 2. The first-order chi connectivity index (χ1) is 8.40. The fraction of sp³-hybridized carbons (Fsp3) is 0.583. The molecule has 6 heteroatoms. The Balaban J connectivity index is 2.15. The summed E-state index contributed by atoms with van der Waals surface area (Å²) < 4.78 is 1.37. The van der Waals surface area contributed by atoms with Crippen LogP contribution in [0.5, 0.6) is 0 Å². The predicted molar refractivity (Wildman–Crippen MR) is 70.7 cm³/mol. The van der Waals surface area contributed by atoms with Gasteiger partial charge in [0.25, 0.3) is 0 Å². The number of nitrogens with zero attached hydrogens (tertiary/aromatic N) is 3. The van der Waals surface area contributed by atoms with Gasteiger partial charge in [-0.3, -0.25) is 0 Å². The van der Waals surface area contributed by atoms with Gasteiger partial charge in [0, 0.05) is 12.6 Å². The third-order valence-corrected chi connectivity index (χ3v) is 3.60. The maximum Gasteiger partial charge on any atom is 0.348 e. The van der Waals surface area contributed by atoms with E-state index in [1.807, 2.05) is 0 Å². The first-order valence-electron chi connectivity index (χ1n) is 6.07. The standard InChI is InChI=1S/C12H19N5O/c1-8(2)12(3,4)6-13-9-5-10-15-16-11(18)17(10)7-14-9/h5,7-8,13H,6H2,1-4H3,(H,16,18). The van der Waals surface area contributed by atoms with E-state index in [0.29, 0.717) is 11.6 Å². The molecule has 2 rings (SSSR count). The summed E-state index contributed by atoms with van der Waals surface area (Å²) in [6.45, 7) is 9.64. The SMILES string of the molecule is CC(C)C(C)(C)CNc1cc2n[nH]c(=O)n2cn1. The highest BCUT2D eigenvalue weighted by Crippen LogP contribution is 2.26. The van der Waals surface area contributed by atoms with Gasteiger partial charge in [0.2, 0.25) is 0 Å². The Kier molecular flexibility index (Phi) is 3.11. The lowest BCUT2D eigenvalue weighted by molar-refractivity contribution is 0.269. The van der Waals surface area contributed by atoms with E-state index in [2.05, 4.69) is 48.2 Å². The van der Waals surface area contributed by atoms with Gasteiger partial charge in [-0.25, -0.2) is 19.3 Å². The van der Waals surface area contributed by atoms with Gasteiger partial charge in [0.1, 0.15) is 12.1 Å². The van der Waals surface area contributed by atoms with Crippen molar-refractivity contribution in [3.63, 3.8) is 0 Å². The van der Waals surface area contributed by atoms with Gasteiger partial charge in [-0.1, -0.05) is 27.7 Å². The van der Waals surface area contributed by atoms with Crippen LogP contribution in [0, 0.1) is 11.3 Å². The van der Waals surface area contributed by atoms with E-state index >= 15 is 0 Å². The molecule has 0 radical (unpaired) electrons. The highest BCUT2D eigenvalue weighted by Gasteiger charge is 2.22. The smallest absolute Gasteiger partial charge is 0.348 e. The van der Waals surface area contributed by atoms with Crippen LogP contribution in [-0.4, -0.2) is 26.1 Å². The van der Waals surface area contributed by atoms with E-state index in [4.69, 9.17) is 0 Å². The summed E-state index contributed by atoms with van der Waals surface area (Å²) in [5.74, 6) is 1.30. The molecule has 0 atom stereocenters. The van der Waals surface area contributed by atoms with Crippen LogP contribution in [0.1, 0.15) is 27.7 Å². The van der Waals surface area contributed by atoms with E-state index in [9.17, 15) is 4.79 Å².